The highest BCUT2D eigenvalue weighted by molar-refractivity contribution is 6.01. The smallest absolute Gasteiger partial charge is 0.297 e. The van der Waals surface area contributed by atoms with Crippen molar-refractivity contribution in [1.29, 1.82) is 0 Å². The van der Waals surface area contributed by atoms with Crippen LogP contribution in [0.3, 0.4) is 0 Å². The molecule has 0 aliphatic carbocycles. The molecule has 3 heterocycles. The van der Waals surface area contributed by atoms with Crippen LogP contribution in [0, 0.1) is 0 Å². The van der Waals surface area contributed by atoms with Gasteiger partial charge < -0.3 is 19.4 Å². The number of furan rings is 1. The van der Waals surface area contributed by atoms with E-state index >= 15 is 0 Å². The maximum Gasteiger partial charge on any atom is 0.297 e. The van der Waals surface area contributed by atoms with E-state index in [-0.39, 0.29) is 36.6 Å². The number of para-hydroxylation sites is 2. The molecule has 0 radical (unpaired) electrons. The van der Waals surface area contributed by atoms with Gasteiger partial charge in [0.1, 0.15) is 23.4 Å². The Bertz CT molecular complexity index is 1470. The van der Waals surface area contributed by atoms with E-state index in [2.05, 4.69) is 10.3 Å². The second-order valence-corrected chi connectivity index (χ2v) is 8.90. The van der Waals surface area contributed by atoms with Gasteiger partial charge in [0.25, 0.3) is 11.5 Å². The van der Waals surface area contributed by atoms with Crippen molar-refractivity contribution in [3.05, 3.63) is 70.8 Å². The number of likely N-dealkylation sites (tertiary alicyclic amines) is 1. The summed E-state index contributed by atoms with van der Waals surface area (Å²) in [4.78, 5) is 44.5. The summed E-state index contributed by atoms with van der Waals surface area (Å²) in [6.45, 7) is 3.24. The van der Waals surface area contributed by atoms with Crippen molar-refractivity contribution in [1.82, 2.24) is 19.8 Å². The molecule has 1 aliphatic heterocycles. The zero-order valence-electron chi connectivity index (χ0n) is 20.1. The first kappa shape index (κ1) is 23.6. The van der Waals surface area contributed by atoms with Crippen molar-refractivity contribution < 1.29 is 18.7 Å². The number of nitrogens with one attached hydrogen (secondary N) is 1. The quantitative estimate of drug-likeness (QED) is 0.407. The lowest BCUT2D eigenvalue weighted by atomic mass is 10.0. The van der Waals surface area contributed by atoms with Crippen LogP contribution < -0.4 is 15.6 Å². The fourth-order valence-corrected chi connectivity index (χ4v) is 4.62. The van der Waals surface area contributed by atoms with E-state index in [0.717, 1.165) is 36.9 Å². The number of hydrogen-bond acceptors (Lipinski definition) is 6. The molecule has 0 saturated carbocycles. The van der Waals surface area contributed by atoms with E-state index in [1.807, 2.05) is 48.2 Å². The summed E-state index contributed by atoms with van der Waals surface area (Å²) in [7, 11) is 0. The molecule has 36 heavy (non-hydrogen) atoms. The minimum absolute atomic E-state index is 0.0350. The van der Waals surface area contributed by atoms with Crippen LogP contribution in [-0.4, -0.2) is 46.0 Å². The Balaban J connectivity index is 1.30. The van der Waals surface area contributed by atoms with Crippen LogP contribution in [0.15, 0.2) is 64.1 Å². The van der Waals surface area contributed by atoms with Gasteiger partial charge in [-0.15, -0.1) is 0 Å². The maximum absolute atomic E-state index is 13.0. The molecule has 1 atom stereocenters. The van der Waals surface area contributed by atoms with Gasteiger partial charge in [-0.2, -0.15) is 0 Å². The second-order valence-electron chi connectivity index (χ2n) is 8.90. The average Bonchev–Trinajstić information content (AvgIpc) is 3.57. The molecular formula is C27H28N4O5. The van der Waals surface area contributed by atoms with Gasteiger partial charge in [-0.3, -0.25) is 19.0 Å². The van der Waals surface area contributed by atoms with Crippen molar-refractivity contribution in [3.63, 3.8) is 0 Å². The van der Waals surface area contributed by atoms with Gasteiger partial charge in [0.2, 0.25) is 11.5 Å². The summed E-state index contributed by atoms with van der Waals surface area (Å²) >= 11 is 0. The number of hydrogen-bond donors (Lipinski definition) is 1. The van der Waals surface area contributed by atoms with Gasteiger partial charge in [-0.25, -0.2) is 4.98 Å². The normalized spacial score (nSPS) is 14.3. The van der Waals surface area contributed by atoms with Gasteiger partial charge in [0, 0.05) is 24.0 Å². The number of carbonyl (C=O) groups is 2. The first-order chi connectivity index (χ1) is 17.5. The van der Waals surface area contributed by atoms with Gasteiger partial charge in [0.05, 0.1) is 12.4 Å². The maximum atomic E-state index is 13.0. The lowest BCUT2D eigenvalue weighted by molar-refractivity contribution is -0.132. The predicted molar refractivity (Wildman–Crippen MR) is 135 cm³/mol. The zero-order chi connectivity index (χ0) is 25.1. The van der Waals surface area contributed by atoms with E-state index in [9.17, 15) is 14.4 Å². The largest absolute Gasteiger partial charge is 0.483 e. The zero-order valence-corrected chi connectivity index (χ0v) is 20.1. The van der Waals surface area contributed by atoms with E-state index in [1.54, 1.807) is 12.1 Å². The number of benzene rings is 2. The monoisotopic (exact) mass is 488 g/mol. The van der Waals surface area contributed by atoms with E-state index in [1.165, 1.54) is 10.9 Å². The fourth-order valence-electron chi connectivity index (χ4n) is 4.62. The molecule has 1 fully saturated rings. The molecule has 9 nitrogen and oxygen atoms in total. The van der Waals surface area contributed by atoms with Crippen molar-refractivity contribution in [2.24, 2.45) is 0 Å². The van der Waals surface area contributed by atoms with Crippen LogP contribution in [0.1, 0.15) is 37.8 Å². The lowest BCUT2D eigenvalue weighted by Gasteiger charge is -2.22. The van der Waals surface area contributed by atoms with E-state index in [0.29, 0.717) is 23.3 Å². The Kier molecular flexibility index (Phi) is 6.71. The number of rotatable bonds is 8. The van der Waals surface area contributed by atoms with Gasteiger partial charge >= 0.3 is 0 Å². The Morgan fingerprint density at radius 2 is 1.86 bits per heavy atom. The minimum atomic E-state index is -0.413. The average molecular weight is 489 g/mol. The van der Waals surface area contributed by atoms with Gasteiger partial charge in [-0.05, 0) is 37.5 Å². The molecule has 1 aliphatic rings. The third-order valence-corrected chi connectivity index (χ3v) is 6.51. The number of amides is 2. The van der Waals surface area contributed by atoms with Crippen LogP contribution in [0.4, 0.5) is 0 Å². The third-order valence-electron chi connectivity index (χ3n) is 6.51. The van der Waals surface area contributed by atoms with Crippen molar-refractivity contribution in [2.75, 3.05) is 19.7 Å². The van der Waals surface area contributed by atoms with Crippen LogP contribution in [0.5, 0.6) is 5.75 Å². The molecule has 0 spiro atoms. The van der Waals surface area contributed by atoms with Crippen LogP contribution >= 0.6 is 0 Å². The Hall–Kier alpha value is -4.14. The summed E-state index contributed by atoms with van der Waals surface area (Å²) < 4.78 is 12.8. The van der Waals surface area contributed by atoms with E-state index < -0.39 is 5.56 Å². The summed E-state index contributed by atoms with van der Waals surface area (Å²) in [5.41, 5.74) is 1.54. The highest BCUT2D eigenvalue weighted by atomic mass is 16.5. The number of aromatic nitrogens is 2. The van der Waals surface area contributed by atoms with E-state index in [4.69, 9.17) is 9.15 Å². The molecular weight excluding hydrogens is 460 g/mol. The van der Waals surface area contributed by atoms with Crippen molar-refractivity contribution >= 4 is 33.9 Å². The molecule has 5 rings (SSSR count). The highest BCUT2D eigenvalue weighted by Crippen LogP contribution is 2.28. The molecule has 2 amide bonds. The molecule has 1 unspecified atom stereocenters. The Morgan fingerprint density at radius 3 is 2.67 bits per heavy atom. The lowest BCUT2D eigenvalue weighted by Crippen LogP contribution is -2.35. The standard InChI is InChI=1S/C27H28N4O5/c1-2-20(18-9-3-5-11-21(18)35-16-24(33)30-13-7-8-14-30)29-23(32)15-31-17-28-25-19-10-4-6-12-22(19)36-26(25)27(31)34/h3-6,9-12,17,20H,2,7-8,13-16H2,1H3,(H,29,32). The molecule has 186 valence electrons. The van der Waals surface area contributed by atoms with Crippen molar-refractivity contribution in [2.45, 2.75) is 38.8 Å². The van der Waals surface area contributed by atoms with Crippen LogP contribution in [0.2, 0.25) is 0 Å². The summed E-state index contributed by atoms with van der Waals surface area (Å²) in [5.74, 6) is 0.177. The first-order valence-corrected chi connectivity index (χ1v) is 12.2. The Labute approximate surface area is 207 Å². The Morgan fingerprint density at radius 1 is 1.11 bits per heavy atom. The number of nitrogens with zero attached hydrogens (tertiary/aromatic N) is 3. The summed E-state index contributed by atoms with van der Waals surface area (Å²) in [5, 5.41) is 3.74. The third kappa shape index (κ3) is 4.68. The fraction of sp³-hybridized carbons (Fsp3) is 0.333. The number of ether oxygens (including phenoxy) is 1. The summed E-state index contributed by atoms with van der Waals surface area (Å²) in [6.07, 6.45) is 4.01. The summed E-state index contributed by atoms with van der Waals surface area (Å²) in [6, 6.07) is 14.3. The molecule has 9 heteroatoms. The second kappa shape index (κ2) is 10.2. The molecule has 2 aromatic carbocycles. The first-order valence-electron chi connectivity index (χ1n) is 12.2. The minimum Gasteiger partial charge on any atom is -0.483 e. The topological polar surface area (TPSA) is 107 Å². The molecule has 0 bridgehead atoms. The van der Waals surface area contributed by atoms with Crippen LogP contribution in [0.25, 0.3) is 22.1 Å². The number of carbonyl (C=O) groups excluding carboxylic acids is 2. The molecule has 1 saturated heterocycles. The SMILES string of the molecule is CCC(NC(=O)Cn1cnc2c(oc3ccccc32)c1=O)c1ccccc1OCC(=O)N1CCCC1. The molecule has 1 N–H and O–H groups in total. The number of fused-ring (bicyclic) bond motifs is 3. The van der Waals surface area contributed by atoms with Gasteiger partial charge in [0.15, 0.2) is 6.61 Å². The highest BCUT2D eigenvalue weighted by Gasteiger charge is 2.21. The van der Waals surface area contributed by atoms with Crippen molar-refractivity contribution in [3.8, 4) is 5.75 Å². The van der Waals surface area contributed by atoms with Gasteiger partial charge in [-0.1, -0.05) is 37.3 Å². The predicted octanol–water partition coefficient (Wildman–Crippen LogP) is 3.41. The van der Waals surface area contributed by atoms with Crippen LogP contribution in [-0.2, 0) is 16.1 Å². The molecule has 2 aromatic heterocycles. The molecule has 4 aromatic rings.